The summed E-state index contributed by atoms with van der Waals surface area (Å²) in [4.78, 5) is 41.5. The number of nitrogens with one attached hydrogen (secondary N) is 1. The van der Waals surface area contributed by atoms with Crippen LogP contribution in [0.25, 0.3) is 11.1 Å². The third kappa shape index (κ3) is 7.84. The van der Waals surface area contributed by atoms with Gasteiger partial charge in [0.15, 0.2) is 0 Å². The van der Waals surface area contributed by atoms with Gasteiger partial charge in [-0.1, -0.05) is 114 Å². The van der Waals surface area contributed by atoms with Crippen molar-refractivity contribution < 1.29 is 28.2 Å². The lowest BCUT2D eigenvalue weighted by Gasteiger charge is -2.38. The van der Waals surface area contributed by atoms with E-state index in [2.05, 4.69) is 46.8 Å². The molecule has 1 unspecified atom stereocenters. The smallest absolute Gasteiger partial charge is 0.414 e. The van der Waals surface area contributed by atoms with Crippen molar-refractivity contribution in [3.63, 3.8) is 0 Å². The molecule has 11 nitrogen and oxygen atoms in total. The zero-order valence-corrected chi connectivity index (χ0v) is 34.0. The van der Waals surface area contributed by atoms with Crippen LogP contribution >= 0.6 is 0 Å². The molecule has 0 saturated carbocycles. The third-order valence-corrected chi connectivity index (χ3v) is 11.1. The van der Waals surface area contributed by atoms with Crippen LogP contribution in [0, 0.1) is 5.82 Å². The highest BCUT2D eigenvalue weighted by molar-refractivity contribution is 5.90. The Balaban J connectivity index is 1.14. The molecule has 1 saturated heterocycles. The van der Waals surface area contributed by atoms with Gasteiger partial charge in [0.2, 0.25) is 5.91 Å². The summed E-state index contributed by atoms with van der Waals surface area (Å²) < 4.78 is 29.3. The van der Waals surface area contributed by atoms with Crippen LogP contribution in [0.3, 0.4) is 0 Å². The van der Waals surface area contributed by atoms with E-state index in [1.54, 1.807) is 23.2 Å². The highest BCUT2D eigenvalue weighted by Gasteiger charge is 2.43. The lowest BCUT2D eigenvalue weighted by Crippen LogP contribution is -2.42. The number of hydrogen-bond donors (Lipinski definition) is 1. The Morgan fingerprint density at radius 2 is 1.52 bits per heavy atom. The summed E-state index contributed by atoms with van der Waals surface area (Å²) in [7, 11) is 0. The van der Waals surface area contributed by atoms with Gasteiger partial charge in [0.05, 0.1) is 43.3 Å². The van der Waals surface area contributed by atoms with Gasteiger partial charge in [0.25, 0.3) is 0 Å². The van der Waals surface area contributed by atoms with Crippen molar-refractivity contribution in [3.05, 3.63) is 173 Å². The Hall–Kier alpha value is -6.82. The molecule has 2 heterocycles. The fourth-order valence-electron chi connectivity index (χ4n) is 8.44. The molecule has 12 heteroatoms. The van der Waals surface area contributed by atoms with E-state index < -0.39 is 35.2 Å². The van der Waals surface area contributed by atoms with Crippen LogP contribution in [0.1, 0.15) is 73.7 Å². The molecule has 0 radical (unpaired) electrons. The number of halogens is 1. The maximum absolute atomic E-state index is 15.9. The number of benzene rings is 5. The molecule has 1 N–H and O–H groups in total. The molecular formula is C48H47FN6O5. The number of hydrogen-bond acceptors (Lipinski definition) is 7. The standard InChI is InChI=1S/C48H47FN6O5/c1-32(56)50-29-40-31-53(45(57)59-40)38-22-24-41(43(49)27-38)33-20-23-42-34(26-33)21-25-44(42)54(46(58)60-47(2,3)4)30-39-28-51-52-55(39)48(35-14-8-5-9-15-35,36-16-10-6-11-17-36)37-18-12-7-13-19-37/h5-20,22-24,26-28,40,44H,21,25,29-31H2,1-4H3,(H,50,56)/t40-,44?/m0/s1. The average molecular weight is 807 g/mol. The van der Waals surface area contributed by atoms with Crippen molar-refractivity contribution in [3.8, 4) is 11.1 Å². The van der Waals surface area contributed by atoms with Crippen molar-refractivity contribution in [1.82, 2.24) is 25.2 Å². The minimum atomic E-state index is -0.944. The van der Waals surface area contributed by atoms with Crippen LogP contribution in [0.15, 0.2) is 134 Å². The number of anilines is 1. The van der Waals surface area contributed by atoms with Gasteiger partial charge in [-0.2, -0.15) is 0 Å². The van der Waals surface area contributed by atoms with Gasteiger partial charge in [0.1, 0.15) is 23.1 Å². The molecular weight excluding hydrogens is 760 g/mol. The molecule has 0 spiro atoms. The summed E-state index contributed by atoms with van der Waals surface area (Å²) in [6.45, 7) is 7.46. The number of amides is 3. The van der Waals surface area contributed by atoms with E-state index in [9.17, 15) is 14.4 Å². The fourth-order valence-corrected chi connectivity index (χ4v) is 8.44. The summed E-state index contributed by atoms with van der Waals surface area (Å²) in [5.74, 6) is -0.717. The number of fused-ring (bicyclic) bond motifs is 1. The van der Waals surface area contributed by atoms with Crippen LogP contribution in [0.2, 0.25) is 0 Å². The molecule has 1 fully saturated rings. The van der Waals surface area contributed by atoms with Gasteiger partial charge in [-0.15, -0.1) is 5.10 Å². The summed E-state index contributed by atoms with van der Waals surface area (Å²) in [5, 5.41) is 11.9. The van der Waals surface area contributed by atoms with Gasteiger partial charge in [-0.05, 0) is 85.2 Å². The second-order valence-electron chi connectivity index (χ2n) is 16.2. The van der Waals surface area contributed by atoms with E-state index in [0.29, 0.717) is 35.3 Å². The van der Waals surface area contributed by atoms with Gasteiger partial charge in [0, 0.05) is 12.5 Å². The number of carbonyl (C=O) groups excluding carboxylic acids is 3. The van der Waals surface area contributed by atoms with Crippen molar-refractivity contribution in [2.24, 2.45) is 0 Å². The molecule has 8 rings (SSSR count). The molecule has 306 valence electrons. The second-order valence-corrected chi connectivity index (χ2v) is 16.2. The Morgan fingerprint density at radius 1 is 0.883 bits per heavy atom. The minimum absolute atomic E-state index is 0.142. The van der Waals surface area contributed by atoms with E-state index in [0.717, 1.165) is 27.8 Å². The Labute approximate surface area is 348 Å². The highest BCUT2D eigenvalue weighted by atomic mass is 19.1. The SMILES string of the molecule is CC(=O)NC[C@H]1CN(c2ccc(-c3ccc4c(c3)CCC4N(Cc3cnnn3C(c3ccccc3)(c3ccccc3)c3ccccc3)C(=O)OC(C)(C)C)c(F)c2)C(=O)O1. The Morgan fingerprint density at radius 3 is 2.10 bits per heavy atom. The van der Waals surface area contributed by atoms with Gasteiger partial charge >= 0.3 is 12.2 Å². The van der Waals surface area contributed by atoms with Crippen molar-refractivity contribution in [2.45, 2.75) is 70.4 Å². The molecule has 5 aromatic carbocycles. The summed E-state index contributed by atoms with van der Waals surface area (Å²) in [6.07, 6.45) is 1.39. The van der Waals surface area contributed by atoms with Crippen LogP contribution < -0.4 is 10.2 Å². The number of rotatable bonds is 11. The lowest BCUT2D eigenvalue weighted by atomic mass is 9.77. The van der Waals surface area contributed by atoms with Gasteiger partial charge in [-0.25, -0.2) is 18.7 Å². The van der Waals surface area contributed by atoms with E-state index in [-0.39, 0.29) is 31.6 Å². The fraction of sp³-hybridized carbons (Fsp3) is 0.271. The maximum atomic E-state index is 15.9. The van der Waals surface area contributed by atoms with Gasteiger partial charge < -0.3 is 14.8 Å². The first-order chi connectivity index (χ1) is 28.9. The topological polar surface area (TPSA) is 119 Å². The van der Waals surface area contributed by atoms with Crippen LogP contribution in [0.5, 0.6) is 0 Å². The molecule has 1 aliphatic carbocycles. The molecule has 2 aliphatic rings. The van der Waals surface area contributed by atoms with Crippen molar-refractivity contribution in [1.29, 1.82) is 0 Å². The predicted octanol–water partition coefficient (Wildman–Crippen LogP) is 8.81. The van der Waals surface area contributed by atoms with E-state index in [1.807, 2.05) is 98.2 Å². The molecule has 3 amide bonds. The van der Waals surface area contributed by atoms with Crippen LogP contribution in [-0.2, 0) is 32.8 Å². The van der Waals surface area contributed by atoms with E-state index >= 15 is 4.39 Å². The maximum Gasteiger partial charge on any atom is 0.414 e. The molecule has 6 aromatic rings. The number of aryl methyl sites for hydroxylation is 1. The van der Waals surface area contributed by atoms with Crippen LogP contribution in [-0.4, -0.2) is 62.8 Å². The first-order valence-electron chi connectivity index (χ1n) is 20.1. The summed E-state index contributed by atoms with van der Waals surface area (Å²) >= 11 is 0. The number of carbonyl (C=O) groups is 3. The molecule has 60 heavy (non-hydrogen) atoms. The quantitative estimate of drug-likeness (QED) is 0.130. The molecule has 0 bridgehead atoms. The zero-order chi connectivity index (χ0) is 42.0. The summed E-state index contributed by atoms with van der Waals surface area (Å²) in [6, 6.07) is 40.7. The van der Waals surface area contributed by atoms with E-state index in [1.165, 1.54) is 17.9 Å². The number of cyclic esters (lactones) is 1. The van der Waals surface area contributed by atoms with Crippen molar-refractivity contribution in [2.75, 3.05) is 18.0 Å². The lowest BCUT2D eigenvalue weighted by molar-refractivity contribution is -0.119. The molecule has 1 aliphatic heterocycles. The monoisotopic (exact) mass is 806 g/mol. The zero-order valence-electron chi connectivity index (χ0n) is 34.0. The van der Waals surface area contributed by atoms with E-state index in [4.69, 9.17) is 14.7 Å². The molecule has 2 atom stereocenters. The van der Waals surface area contributed by atoms with Crippen molar-refractivity contribution >= 4 is 23.8 Å². The first kappa shape index (κ1) is 40.0. The number of ether oxygens (including phenoxy) is 2. The highest BCUT2D eigenvalue weighted by Crippen LogP contribution is 2.43. The Bertz CT molecular complexity index is 2410. The largest absolute Gasteiger partial charge is 0.444 e. The summed E-state index contributed by atoms with van der Waals surface area (Å²) in [5.41, 5.74) is 5.29. The average Bonchev–Trinajstić information content (AvgIpc) is 3.98. The third-order valence-electron chi connectivity index (χ3n) is 11.1. The van der Waals surface area contributed by atoms with Crippen LogP contribution in [0.4, 0.5) is 19.7 Å². The first-order valence-corrected chi connectivity index (χ1v) is 20.1. The Kier molecular flexibility index (Phi) is 11.0. The number of aromatic nitrogens is 3. The normalized spacial score (nSPS) is 16.3. The second kappa shape index (κ2) is 16.4. The number of nitrogens with zero attached hydrogens (tertiary/aromatic N) is 5. The molecule has 1 aromatic heterocycles. The predicted molar refractivity (Wildman–Crippen MR) is 226 cm³/mol. The van der Waals surface area contributed by atoms with Gasteiger partial charge in [-0.3, -0.25) is 14.6 Å². The minimum Gasteiger partial charge on any atom is -0.444 e.